The van der Waals surface area contributed by atoms with Gasteiger partial charge in [-0.2, -0.15) is 0 Å². The van der Waals surface area contributed by atoms with Gasteiger partial charge in [0, 0.05) is 22.7 Å². The number of amides is 2. The average Bonchev–Trinajstić information content (AvgIpc) is 2.54. The van der Waals surface area contributed by atoms with Crippen LogP contribution in [0.25, 0.3) is 0 Å². The Morgan fingerprint density at radius 2 is 1.78 bits per heavy atom. The minimum absolute atomic E-state index is 0.0360. The van der Waals surface area contributed by atoms with Crippen molar-refractivity contribution in [3.63, 3.8) is 0 Å². The van der Waals surface area contributed by atoms with Crippen molar-refractivity contribution in [2.45, 2.75) is 0 Å². The van der Waals surface area contributed by atoms with Gasteiger partial charge in [-0.05, 0) is 24.3 Å². The second-order valence-corrected chi connectivity index (χ2v) is 4.78. The van der Waals surface area contributed by atoms with Crippen LogP contribution in [0.1, 0.15) is 20.7 Å². The number of hydrogen-bond donors (Lipinski definition) is 2. The third-order valence-electron chi connectivity index (χ3n) is 2.78. The van der Waals surface area contributed by atoms with Gasteiger partial charge in [-0.3, -0.25) is 30.6 Å². The van der Waals surface area contributed by atoms with E-state index >= 15 is 0 Å². The van der Waals surface area contributed by atoms with Crippen LogP contribution in [-0.4, -0.2) is 16.7 Å². The second kappa shape index (κ2) is 6.84. The number of hydrazine groups is 1. The Morgan fingerprint density at radius 3 is 2.48 bits per heavy atom. The summed E-state index contributed by atoms with van der Waals surface area (Å²) in [6, 6.07) is 8.30. The molecule has 0 aliphatic heterocycles. The zero-order valence-corrected chi connectivity index (χ0v) is 12.1. The van der Waals surface area contributed by atoms with E-state index < -0.39 is 22.6 Å². The van der Waals surface area contributed by atoms with Crippen LogP contribution < -0.4 is 10.9 Å². The molecule has 0 radical (unpaired) electrons. The summed E-state index contributed by atoms with van der Waals surface area (Å²) in [6.07, 6.45) is 0. The number of rotatable bonds is 3. The van der Waals surface area contributed by atoms with Crippen LogP contribution in [0.3, 0.4) is 0 Å². The summed E-state index contributed by atoms with van der Waals surface area (Å²) >= 11 is 5.67. The number of nitro benzene ring substituents is 1. The van der Waals surface area contributed by atoms with Crippen LogP contribution in [-0.2, 0) is 0 Å². The fraction of sp³-hybridized carbons (Fsp3) is 0. The molecule has 0 aromatic heterocycles. The minimum atomic E-state index is -0.913. The molecule has 118 valence electrons. The Balaban J connectivity index is 2.07. The topological polar surface area (TPSA) is 101 Å². The summed E-state index contributed by atoms with van der Waals surface area (Å²) in [5.41, 5.74) is 3.39. The summed E-state index contributed by atoms with van der Waals surface area (Å²) in [5.74, 6) is -2.51. The number of nitro groups is 1. The maximum atomic E-state index is 13.5. The fourth-order valence-corrected chi connectivity index (χ4v) is 1.86. The van der Waals surface area contributed by atoms with Gasteiger partial charge in [0.25, 0.3) is 17.5 Å². The van der Waals surface area contributed by atoms with Gasteiger partial charge >= 0.3 is 0 Å². The van der Waals surface area contributed by atoms with Crippen LogP contribution in [0.5, 0.6) is 0 Å². The van der Waals surface area contributed by atoms with Crippen LogP contribution in [0.15, 0.2) is 42.5 Å². The molecule has 0 atom stereocenters. The summed E-state index contributed by atoms with van der Waals surface area (Å²) in [4.78, 5) is 33.6. The van der Waals surface area contributed by atoms with Gasteiger partial charge in [-0.15, -0.1) is 0 Å². The first-order valence-electron chi connectivity index (χ1n) is 6.18. The Bertz CT molecular complexity index is 797. The standard InChI is InChI=1S/C14H9ClFN3O4/c15-9-4-5-12(16)11(7-9)14(21)18-17-13(20)8-2-1-3-10(6-8)19(22)23/h1-7H,(H,17,20)(H,18,21). The van der Waals surface area contributed by atoms with E-state index in [9.17, 15) is 24.1 Å². The molecule has 0 unspecified atom stereocenters. The van der Waals surface area contributed by atoms with Gasteiger partial charge < -0.3 is 0 Å². The molecular weight excluding hydrogens is 329 g/mol. The lowest BCUT2D eigenvalue weighted by molar-refractivity contribution is -0.384. The van der Waals surface area contributed by atoms with E-state index in [2.05, 4.69) is 0 Å². The highest BCUT2D eigenvalue weighted by molar-refractivity contribution is 6.31. The SMILES string of the molecule is O=C(NNC(=O)c1cc(Cl)ccc1F)c1cccc([N+](=O)[O-])c1. The third-order valence-corrected chi connectivity index (χ3v) is 3.02. The van der Waals surface area contributed by atoms with E-state index in [-0.39, 0.29) is 21.8 Å². The molecule has 0 fully saturated rings. The zero-order chi connectivity index (χ0) is 17.0. The average molecular weight is 338 g/mol. The molecule has 0 aliphatic carbocycles. The lowest BCUT2D eigenvalue weighted by Crippen LogP contribution is -2.41. The Labute approximate surface area is 134 Å². The first kappa shape index (κ1) is 16.4. The Morgan fingerprint density at radius 1 is 1.09 bits per heavy atom. The van der Waals surface area contributed by atoms with Crippen molar-refractivity contribution >= 4 is 29.1 Å². The number of hydrogen-bond acceptors (Lipinski definition) is 4. The van der Waals surface area contributed by atoms with E-state index in [1.165, 1.54) is 24.3 Å². The van der Waals surface area contributed by atoms with E-state index in [4.69, 9.17) is 11.6 Å². The highest BCUT2D eigenvalue weighted by Crippen LogP contribution is 2.15. The van der Waals surface area contributed by atoms with Gasteiger partial charge in [0.1, 0.15) is 5.82 Å². The number of nitrogens with zero attached hydrogens (tertiary/aromatic N) is 1. The van der Waals surface area contributed by atoms with Crippen molar-refractivity contribution in [3.05, 3.63) is 74.5 Å². The Hall–Kier alpha value is -3.00. The number of carbonyl (C=O) groups is 2. The lowest BCUT2D eigenvalue weighted by atomic mass is 10.2. The number of benzene rings is 2. The normalized spacial score (nSPS) is 10.0. The van der Waals surface area contributed by atoms with Crippen LogP contribution >= 0.6 is 11.6 Å². The largest absolute Gasteiger partial charge is 0.272 e. The van der Waals surface area contributed by atoms with Crippen LogP contribution in [0.2, 0.25) is 5.02 Å². The molecule has 2 amide bonds. The van der Waals surface area contributed by atoms with Crippen LogP contribution in [0.4, 0.5) is 10.1 Å². The molecule has 0 saturated heterocycles. The molecular formula is C14H9ClFN3O4. The summed E-state index contributed by atoms with van der Waals surface area (Å²) < 4.78 is 13.5. The predicted octanol–water partition coefficient (Wildman–Crippen LogP) is 2.46. The molecule has 7 nitrogen and oxygen atoms in total. The summed E-state index contributed by atoms with van der Waals surface area (Å²) in [7, 11) is 0. The molecule has 0 aliphatic rings. The zero-order valence-electron chi connectivity index (χ0n) is 11.4. The second-order valence-electron chi connectivity index (χ2n) is 4.34. The quantitative estimate of drug-likeness (QED) is 0.663. The molecule has 2 aromatic carbocycles. The maximum absolute atomic E-state index is 13.5. The van der Waals surface area contributed by atoms with E-state index in [0.29, 0.717) is 0 Å². The van der Waals surface area contributed by atoms with Gasteiger partial charge in [0.15, 0.2) is 0 Å². The van der Waals surface area contributed by atoms with E-state index in [1.807, 2.05) is 10.9 Å². The monoisotopic (exact) mass is 337 g/mol. The van der Waals surface area contributed by atoms with Crippen molar-refractivity contribution < 1.29 is 18.9 Å². The van der Waals surface area contributed by atoms with Crippen molar-refractivity contribution in [3.8, 4) is 0 Å². The van der Waals surface area contributed by atoms with Crippen molar-refractivity contribution in [2.75, 3.05) is 0 Å². The summed E-state index contributed by atoms with van der Waals surface area (Å²) in [6.45, 7) is 0. The van der Waals surface area contributed by atoms with E-state index in [1.54, 1.807) is 0 Å². The number of nitrogens with one attached hydrogen (secondary N) is 2. The highest BCUT2D eigenvalue weighted by atomic mass is 35.5. The van der Waals surface area contributed by atoms with Gasteiger partial charge in [-0.1, -0.05) is 17.7 Å². The third kappa shape index (κ3) is 4.01. The molecule has 23 heavy (non-hydrogen) atoms. The number of halogens is 2. The fourth-order valence-electron chi connectivity index (χ4n) is 1.69. The highest BCUT2D eigenvalue weighted by Gasteiger charge is 2.15. The molecule has 0 saturated carbocycles. The van der Waals surface area contributed by atoms with Crippen LogP contribution in [0, 0.1) is 15.9 Å². The minimum Gasteiger partial charge on any atom is -0.267 e. The van der Waals surface area contributed by atoms with Gasteiger partial charge in [0.05, 0.1) is 10.5 Å². The smallest absolute Gasteiger partial charge is 0.267 e. The van der Waals surface area contributed by atoms with E-state index in [0.717, 1.165) is 18.2 Å². The molecule has 9 heteroatoms. The molecule has 2 rings (SSSR count). The number of non-ortho nitro benzene ring substituents is 1. The molecule has 2 aromatic rings. The molecule has 0 heterocycles. The molecule has 0 bridgehead atoms. The summed E-state index contributed by atoms with van der Waals surface area (Å²) in [5, 5.41) is 10.8. The Kier molecular flexibility index (Phi) is 4.87. The van der Waals surface area contributed by atoms with Crippen molar-refractivity contribution in [2.24, 2.45) is 0 Å². The predicted molar refractivity (Wildman–Crippen MR) is 79.4 cm³/mol. The molecule has 2 N–H and O–H groups in total. The first-order valence-corrected chi connectivity index (χ1v) is 6.56. The maximum Gasteiger partial charge on any atom is 0.272 e. The first-order chi connectivity index (χ1) is 10.9. The van der Waals surface area contributed by atoms with Crippen molar-refractivity contribution in [1.29, 1.82) is 0 Å². The lowest BCUT2D eigenvalue weighted by Gasteiger charge is -2.08. The van der Waals surface area contributed by atoms with Gasteiger partial charge in [0.2, 0.25) is 0 Å². The van der Waals surface area contributed by atoms with Crippen molar-refractivity contribution in [1.82, 2.24) is 10.9 Å². The molecule has 0 spiro atoms. The van der Waals surface area contributed by atoms with Gasteiger partial charge in [-0.25, -0.2) is 4.39 Å². The number of carbonyl (C=O) groups excluding carboxylic acids is 2.